The standard InChI is InChI=1S/C18H16F4N2O3S/c19-14-7-6-12(11-4-2-1-3-5-11)8-15(14)24-28(26,27)16-9-13(18(20,21)22)10-23-17(16)25/h1-8,13,16,24H,9-10H2,(H,23,25). The summed E-state index contributed by atoms with van der Waals surface area (Å²) >= 11 is 0. The molecular weight excluding hydrogens is 400 g/mol. The summed E-state index contributed by atoms with van der Waals surface area (Å²) in [7, 11) is -4.60. The number of hydrogen-bond donors (Lipinski definition) is 2. The Morgan fingerprint density at radius 2 is 1.71 bits per heavy atom. The molecule has 0 aromatic heterocycles. The maximum Gasteiger partial charge on any atom is 0.393 e. The number of sulfonamides is 1. The van der Waals surface area contributed by atoms with Crippen LogP contribution in [0.4, 0.5) is 23.2 Å². The van der Waals surface area contributed by atoms with E-state index in [9.17, 15) is 30.8 Å². The smallest absolute Gasteiger partial charge is 0.354 e. The van der Waals surface area contributed by atoms with Gasteiger partial charge in [0.15, 0.2) is 5.25 Å². The van der Waals surface area contributed by atoms with E-state index < -0.39 is 57.7 Å². The highest BCUT2D eigenvalue weighted by molar-refractivity contribution is 7.94. The first-order chi connectivity index (χ1) is 13.1. The van der Waals surface area contributed by atoms with Crippen LogP contribution >= 0.6 is 0 Å². The number of carbonyl (C=O) groups excluding carboxylic acids is 1. The molecule has 0 aliphatic carbocycles. The minimum atomic E-state index is -4.65. The summed E-state index contributed by atoms with van der Waals surface area (Å²) in [6, 6.07) is 12.4. The fourth-order valence-electron chi connectivity index (χ4n) is 2.94. The van der Waals surface area contributed by atoms with Gasteiger partial charge in [-0.1, -0.05) is 36.4 Å². The van der Waals surface area contributed by atoms with Gasteiger partial charge in [0.05, 0.1) is 11.6 Å². The Bertz CT molecular complexity index is 978. The Morgan fingerprint density at radius 3 is 2.36 bits per heavy atom. The first-order valence-electron chi connectivity index (χ1n) is 8.29. The van der Waals surface area contributed by atoms with Gasteiger partial charge >= 0.3 is 6.18 Å². The van der Waals surface area contributed by atoms with Crippen LogP contribution in [-0.2, 0) is 14.8 Å². The van der Waals surface area contributed by atoms with Crippen LogP contribution in [0, 0.1) is 11.7 Å². The van der Waals surface area contributed by atoms with Crippen LogP contribution in [0.25, 0.3) is 11.1 Å². The molecule has 2 atom stereocenters. The van der Waals surface area contributed by atoms with E-state index in [0.29, 0.717) is 11.1 Å². The maximum absolute atomic E-state index is 14.1. The predicted molar refractivity (Wildman–Crippen MR) is 95.3 cm³/mol. The van der Waals surface area contributed by atoms with E-state index in [1.54, 1.807) is 30.3 Å². The molecule has 10 heteroatoms. The first kappa shape index (κ1) is 20.1. The van der Waals surface area contributed by atoms with Crippen LogP contribution in [-0.4, -0.2) is 32.3 Å². The monoisotopic (exact) mass is 416 g/mol. The van der Waals surface area contributed by atoms with Crippen molar-refractivity contribution in [1.82, 2.24) is 5.32 Å². The molecule has 1 aliphatic rings. The summed E-state index contributed by atoms with van der Waals surface area (Å²) in [5, 5.41) is -0.0184. The minimum Gasteiger partial charge on any atom is -0.354 e. The van der Waals surface area contributed by atoms with Crippen LogP contribution in [0.3, 0.4) is 0 Å². The number of alkyl halides is 3. The molecule has 3 rings (SSSR count). The average Bonchev–Trinajstić information content (AvgIpc) is 2.63. The third-order valence-corrected chi connectivity index (χ3v) is 6.14. The van der Waals surface area contributed by atoms with Crippen molar-refractivity contribution < 1.29 is 30.8 Å². The van der Waals surface area contributed by atoms with Crippen molar-refractivity contribution in [3.63, 3.8) is 0 Å². The summed E-state index contributed by atoms with van der Waals surface area (Å²) in [4.78, 5) is 11.9. The van der Waals surface area contributed by atoms with Crippen LogP contribution in [0.5, 0.6) is 0 Å². The van der Waals surface area contributed by atoms with Crippen molar-refractivity contribution in [3.05, 3.63) is 54.3 Å². The summed E-state index contributed by atoms with van der Waals surface area (Å²) in [6.45, 7) is -0.688. The zero-order chi connectivity index (χ0) is 20.5. The number of benzene rings is 2. The molecule has 0 spiro atoms. The number of rotatable bonds is 4. The van der Waals surface area contributed by atoms with Crippen molar-refractivity contribution in [2.24, 2.45) is 5.92 Å². The van der Waals surface area contributed by atoms with Crippen molar-refractivity contribution in [1.29, 1.82) is 0 Å². The lowest BCUT2D eigenvalue weighted by molar-refractivity contribution is -0.179. The van der Waals surface area contributed by atoms with E-state index in [1.165, 1.54) is 12.1 Å². The molecule has 1 saturated heterocycles. The normalized spacial score (nSPS) is 20.5. The van der Waals surface area contributed by atoms with Gasteiger partial charge < -0.3 is 5.32 Å². The molecule has 150 valence electrons. The number of amides is 1. The van der Waals surface area contributed by atoms with Crippen LogP contribution < -0.4 is 10.0 Å². The van der Waals surface area contributed by atoms with Gasteiger partial charge in [-0.3, -0.25) is 9.52 Å². The van der Waals surface area contributed by atoms with Gasteiger partial charge in [0.2, 0.25) is 15.9 Å². The predicted octanol–water partition coefficient (Wildman–Crippen LogP) is 3.30. The van der Waals surface area contributed by atoms with Gasteiger partial charge in [-0.25, -0.2) is 12.8 Å². The van der Waals surface area contributed by atoms with Crippen LogP contribution in [0.2, 0.25) is 0 Å². The SMILES string of the molecule is O=C1NCC(C(F)(F)F)CC1S(=O)(=O)Nc1cc(-c2ccccc2)ccc1F. The molecule has 2 aromatic carbocycles. The zero-order valence-corrected chi connectivity index (χ0v) is 15.1. The van der Waals surface area contributed by atoms with E-state index in [4.69, 9.17) is 0 Å². The van der Waals surface area contributed by atoms with Gasteiger partial charge in [0.25, 0.3) is 0 Å². The molecule has 28 heavy (non-hydrogen) atoms. The van der Waals surface area contributed by atoms with Gasteiger partial charge in [0, 0.05) is 6.54 Å². The quantitative estimate of drug-likeness (QED) is 0.751. The molecule has 1 amide bonds. The number of piperidine rings is 1. The highest BCUT2D eigenvalue weighted by atomic mass is 32.2. The van der Waals surface area contributed by atoms with E-state index in [1.807, 2.05) is 10.0 Å². The van der Waals surface area contributed by atoms with Crippen molar-refractivity contribution in [2.45, 2.75) is 17.8 Å². The molecule has 1 heterocycles. The fourth-order valence-corrected chi connectivity index (χ4v) is 4.40. The molecule has 1 fully saturated rings. The number of carbonyl (C=O) groups is 1. The second-order valence-electron chi connectivity index (χ2n) is 6.42. The Hall–Kier alpha value is -2.62. The number of nitrogens with one attached hydrogen (secondary N) is 2. The van der Waals surface area contributed by atoms with Crippen LogP contribution in [0.1, 0.15) is 6.42 Å². The minimum absolute atomic E-state index is 0.441. The van der Waals surface area contributed by atoms with Gasteiger partial charge in [-0.2, -0.15) is 13.2 Å². The van der Waals surface area contributed by atoms with E-state index in [2.05, 4.69) is 0 Å². The van der Waals surface area contributed by atoms with E-state index >= 15 is 0 Å². The molecule has 5 nitrogen and oxygen atoms in total. The Labute approximate surface area is 158 Å². The van der Waals surface area contributed by atoms with Crippen molar-refractivity contribution in [3.8, 4) is 11.1 Å². The molecule has 0 saturated carbocycles. The van der Waals surface area contributed by atoms with Gasteiger partial charge in [-0.15, -0.1) is 0 Å². The Balaban J connectivity index is 1.88. The van der Waals surface area contributed by atoms with Gasteiger partial charge in [0.1, 0.15) is 5.82 Å². The molecular formula is C18H16F4N2O3S. The number of anilines is 1. The summed E-state index contributed by atoms with van der Waals surface area (Å²) < 4.78 is 79.9. The highest BCUT2D eigenvalue weighted by Gasteiger charge is 2.48. The second-order valence-corrected chi connectivity index (χ2v) is 8.28. The molecule has 2 N–H and O–H groups in total. The van der Waals surface area contributed by atoms with E-state index in [0.717, 1.165) is 6.07 Å². The van der Waals surface area contributed by atoms with Crippen LogP contribution in [0.15, 0.2) is 48.5 Å². The lowest BCUT2D eigenvalue weighted by atomic mass is 9.98. The molecule has 1 aliphatic heterocycles. The third kappa shape index (κ3) is 4.27. The molecule has 2 unspecified atom stereocenters. The molecule has 0 radical (unpaired) electrons. The second kappa shape index (κ2) is 7.42. The number of hydrogen-bond acceptors (Lipinski definition) is 3. The lowest BCUT2D eigenvalue weighted by Crippen LogP contribution is -2.53. The average molecular weight is 416 g/mol. The van der Waals surface area contributed by atoms with Gasteiger partial charge in [-0.05, 0) is 29.7 Å². The highest BCUT2D eigenvalue weighted by Crippen LogP contribution is 2.34. The third-order valence-electron chi connectivity index (χ3n) is 4.48. The summed E-state index contributed by atoms with van der Waals surface area (Å²) in [6.07, 6.45) is -5.58. The van der Waals surface area contributed by atoms with E-state index in [-0.39, 0.29) is 0 Å². The first-order valence-corrected chi connectivity index (χ1v) is 9.83. The zero-order valence-electron chi connectivity index (χ0n) is 14.3. The van der Waals surface area contributed by atoms with Crippen molar-refractivity contribution in [2.75, 3.05) is 11.3 Å². The largest absolute Gasteiger partial charge is 0.393 e. The maximum atomic E-state index is 14.1. The Morgan fingerprint density at radius 1 is 1.04 bits per heavy atom. The topological polar surface area (TPSA) is 75.3 Å². The summed E-state index contributed by atoms with van der Waals surface area (Å²) in [5.74, 6) is -3.95. The lowest BCUT2D eigenvalue weighted by Gasteiger charge is -2.30. The summed E-state index contributed by atoms with van der Waals surface area (Å²) in [5.41, 5.74) is 0.750. The fraction of sp³-hybridized carbons (Fsp3) is 0.278. The van der Waals surface area contributed by atoms with Crippen molar-refractivity contribution >= 4 is 21.6 Å². The number of halogens is 4. The molecule has 0 bridgehead atoms. The molecule has 2 aromatic rings. The Kier molecular flexibility index (Phi) is 5.33.